The Labute approximate surface area is 245 Å². The summed E-state index contributed by atoms with van der Waals surface area (Å²) in [6.45, 7) is 2.04. The molecule has 0 heterocycles. The van der Waals surface area contributed by atoms with Gasteiger partial charge in [-0.3, -0.25) is 9.59 Å². The first-order valence-electron chi connectivity index (χ1n) is 13.3. The van der Waals surface area contributed by atoms with Crippen molar-refractivity contribution in [1.82, 2.24) is 5.32 Å². The Morgan fingerprint density at radius 3 is 2.07 bits per heavy atom. The lowest BCUT2D eigenvalue weighted by Gasteiger charge is -2.15. The smallest absolute Gasteiger partial charge is 0.481 e. The van der Waals surface area contributed by atoms with Crippen LogP contribution in [0, 0.1) is 6.92 Å². The van der Waals surface area contributed by atoms with Crippen molar-refractivity contribution < 1.29 is 37.3 Å². The third-order valence-electron chi connectivity index (χ3n) is 6.68. The lowest BCUT2D eigenvalue weighted by Crippen LogP contribution is -2.25. The van der Waals surface area contributed by atoms with Crippen LogP contribution in [0.2, 0.25) is 0 Å². The van der Waals surface area contributed by atoms with Crippen molar-refractivity contribution in [2.75, 3.05) is 6.54 Å². The van der Waals surface area contributed by atoms with Crippen molar-refractivity contribution in [1.29, 1.82) is 0 Å². The van der Waals surface area contributed by atoms with Gasteiger partial charge in [0, 0.05) is 17.7 Å². The Bertz CT molecular complexity index is 1780. The average Bonchev–Trinajstić information content (AvgIpc) is 2.96. The Morgan fingerprint density at radius 1 is 0.744 bits per heavy atom. The van der Waals surface area contributed by atoms with E-state index in [0.29, 0.717) is 28.2 Å². The molecule has 5 aromatic carbocycles. The third-order valence-corrected chi connectivity index (χ3v) is 6.68. The van der Waals surface area contributed by atoms with Crippen LogP contribution in [-0.4, -0.2) is 29.9 Å². The summed E-state index contributed by atoms with van der Waals surface area (Å²) in [5, 5.41) is 13.5. The number of aliphatic carboxylic acids is 1. The number of ether oxygens (including phenoxy) is 2. The number of amides is 1. The van der Waals surface area contributed by atoms with Gasteiger partial charge in [0.25, 0.3) is 5.91 Å². The van der Waals surface area contributed by atoms with Gasteiger partial charge in [0.1, 0.15) is 17.2 Å². The van der Waals surface area contributed by atoms with E-state index in [1.165, 1.54) is 24.3 Å². The molecule has 6 nitrogen and oxygen atoms in total. The fourth-order valence-electron chi connectivity index (χ4n) is 4.59. The van der Waals surface area contributed by atoms with Crippen molar-refractivity contribution in [2.45, 2.75) is 19.7 Å². The number of hydrogen-bond donors (Lipinski definition) is 2. The standard InChI is InChI=1S/C34H26F3NO5/c1-21-2-3-25-19-27(5-4-24(25)18-21)30-15-10-26(22-6-13-29(14-7-22)43-34(35,36)37)20-31(30)42-28-11-8-23(9-12-28)33(41)38-17-16-32(39)40/h2-15,18-20H,16-17H2,1H3,(H,38,41)(H,39,40). The largest absolute Gasteiger partial charge is 0.573 e. The van der Waals surface area contributed by atoms with Gasteiger partial charge in [-0.05, 0) is 82.9 Å². The number of alkyl halides is 3. The Hall–Kier alpha value is -5.31. The van der Waals surface area contributed by atoms with E-state index in [1.54, 1.807) is 30.3 Å². The summed E-state index contributed by atoms with van der Waals surface area (Å²) in [7, 11) is 0. The van der Waals surface area contributed by atoms with Crippen molar-refractivity contribution >= 4 is 22.6 Å². The van der Waals surface area contributed by atoms with Gasteiger partial charge < -0.3 is 19.9 Å². The predicted octanol–water partition coefficient (Wildman–Crippen LogP) is 8.38. The fraction of sp³-hybridized carbons (Fsp3) is 0.118. The molecular weight excluding hydrogens is 559 g/mol. The number of hydrogen-bond acceptors (Lipinski definition) is 4. The molecule has 2 N–H and O–H groups in total. The van der Waals surface area contributed by atoms with Gasteiger partial charge in [-0.1, -0.05) is 60.2 Å². The topological polar surface area (TPSA) is 84.9 Å². The molecule has 0 atom stereocenters. The van der Waals surface area contributed by atoms with E-state index in [4.69, 9.17) is 9.84 Å². The van der Waals surface area contributed by atoms with Crippen molar-refractivity contribution in [3.63, 3.8) is 0 Å². The van der Waals surface area contributed by atoms with E-state index in [2.05, 4.69) is 22.2 Å². The van der Waals surface area contributed by atoms with Crippen LogP contribution in [0.1, 0.15) is 22.3 Å². The van der Waals surface area contributed by atoms with Gasteiger partial charge in [0.15, 0.2) is 0 Å². The summed E-state index contributed by atoms with van der Waals surface area (Å²) >= 11 is 0. The average molecular weight is 586 g/mol. The molecule has 5 rings (SSSR count). The highest BCUT2D eigenvalue weighted by molar-refractivity contribution is 5.94. The van der Waals surface area contributed by atoms with Gasteiger partial charge in [0.05, 0.1) is 6.42 Å². The highest BCUT2D eigenvalue weighted by Crippen LogP contribution is 2.38. The number of rotatable bonds is 9. The van der Waals surface area contributed by atoms with Gasteiger partial charge in [0.2, 0.25) is 0 Å². The Kier molecular flexibility index (Phi) is 8.34. The van der Waals surface area contributed by atoms with Crippen LogP contribution in [0.25, 0.3) is 33.0 Å². The Morgan fingerprint density at radius 2 is 1.37 bits per heavy atom. The zero-order valence-electron chi connectivity index (χ0n) is 22.9. The molecule has 218 valence electrons. The molecule has 0 saturated heterocycles. The SMILES string of the molecule is Cc1ccc2cc(-c3ccc(-c4ccc(OC(F)(F)F)cc4)cc3Oc3ccc(C(=O)NCCC(=O)O)cc3)ccc2c1. The number of nitrogens with one attached hydrogen (secondary N) is 1. The molecule has 5 aromatic rings. The number of aryl methyl sites for hydroxylation is 1. The maximum atomic E-state index is 12.6. The summed E-state index contributed by atoms with van der Waals surface area (Å²) in [5.41, 5.74) is 4.56. The minimum Gasteiger partial charge on any atom is -0.481 e. The minimum atomic E-state index is -4.78. The number of carbonyl (C=O) groups excluding carboxylic acids is 1. The first kappa shape index (κ1) is 29.2. The minimum absolute atomic E-state index is 0.0111. The molecule has 0 unspecified atom stereocenters. The number of carbonyl (C=O) groups is 2. The molecule has 43 heavy (non-hydrogen) atoms. The predicted molar refractivity (Wildman–Crippen MR) is 157 cm³/mol. The number of halogens is 3. The number of benzene rings is 5. The summed E-state index contributed by atoms with van der Waals surface area (Å²) in [5.74, 6) is -0.777. The summed E-state index contributed by atoms with van der Waals surface area (Å²) in [6.07, 6.45) is -4.96. The quantitative estimate of drug-likeness (QED) is 0.182. The molecule has 0 radical (unpaired) electrons. The van der Waals surface area contributed by atoms with Crippen molar-refractivity contribution in [2.24, 2.45) is 0 Å². The fourth-order valence-corrected chi connectivity index (χ4v) is 4.59. The van der Waals surface area contributed by atoms with Crippen LogP contribution in [0.4, 0.5) is 13.2 Å². The van der Waals surface area contributed by atoms with Gasteiger partial charge in [-0.2, -0.15) is 0 Å². The molecule has 0 aliphatic carbocycles. The summed E-state index contributed by atoms with van der Waals surface area (Å²) in [4.78, 5) is 23.1. The molecule has 9 heteroatoms. The van der Waals surface area contributed by atoms with Crippen LogP contribution in [-0.2, 0) is 4.79 Å². The molecule has 0 aromatic heterocycles. The van der Waals surface area contributed by atoms with E-state index < -0.39 is 18.2 Å². The monoisotopic (exact) mass is 585 g/mol. The van der Waals surface area contributed by atoms with E-state index in [-0.39, 0.29) is 18.7 Å². The molecule has 0 aliphatic heterocycles. The second-order valence-corrected chi connectivity index (χ2v) is 9.87. The second-order valence-electron chi connectivity index (χ2n) is 9.87. The molecule has 0 fully saturated rings. The van der Waals surface area contributed by atoms with Crippen LogP contribution >= 0.6 is 0 Å². The van der Waals surface area contributed by atoms with E-state index >= 15 is 0 Å². The first-order valence-corrected chi connectivity index (χ1v) is 13.3. The van der Waals surface area contributed by atoms with Crippen molar-refractivity contribution in [3.8, 4) is 39.5 Å². The number of carboxylic acid groups (broad SMARTS) is 1. The molecule has 0 saturated carbocycles. The second kappa shape index (κ2) is 12.3. The molecule has 0 spiro atoms. The van der Waals surface area contributed by atoms with Crippen LogP contribution in [0.15, 0.2) is 103 Å². The molecule has 1 amide bonds. The molecule has 0 aliphatic rings. The van der Waals surface area contributed by atoms with Crippen molar-refractivity contribution in [3.05, 3.63) is 114 Å². The molecule has 0 bridgehead atoms. The lowest BCUT2D eigenvalue weighted by molar-refractivity contribution is -0.274. The third kappa shape index (κ3) is 7.51. The number of fused-ring (bicyclic) bond motifs is 1. The summed E-state index contributed by atoms with van der Waals surface area (Å²) < 4.78 is 48.2. The molecular formula is C34H26F3NO5. The van der Waals surface area contributed by atoms with E-state index in [0.717, 1.165) is 27.5 Å². The van der Waals surface area contributed by atoms with Crippen LogP contribution in [0.5, 0.6) is 17.2 Å². The van der Waals surface area contributed by atoms with Gasteiger partial charge in [-0.25, -0.2) is 0 Å². The summed E-state index contributed by atoms with van der Waals surface area (Å²) in [6, 6.07) is 29.9. The normalized spacial score (nSPS) is 11.3. The van der Waals surface area contributed by atoms with Crippen LogP contribution < -0.4 is 14.8 Å². The van der Waals surface area contributed by atoms with Crippen LogP contribution in [0.3, 0.4) is 0 Å². The first-order chi connectivity index (χ1) is 20.5. The maximum absolute atomic E-state index is 12.6. The highest BCUT2D eigenvalue weighted by atomic mass is 19.4. The Balaban J connectivity index is 1.47. The zero-order valence-corrected chi connectivity index (χ0v) is 22.9. The zero-order chi connectivity index (χ0) is 30.6. The number of carboxylic acids is 1. The maximum Gasteiger partial charge on any atom is 0.573 e. The highest BCUT2D eigenvalue weighted by Gasteiger charge is 2.31. The van der Waals surface area contributed by atoms with E-state index in [1.807, 2.05) is 43.3 Å². The van der Waals surface area contributed by atoms with Gasteiger partial charge in [-0.15, -0.1) is 13.2 Å². The van der Waals surface area contributed by atoms with Gasteiger partial charge >= 0.3 is 12.3 Å². The van der Waals surface area contributed by atoms with E-state index in [9.17, 15) is 22.8 Å². The lowest BCUT2D eigenvalue weighted by atomic mass is 9.96.